The molecule has 0 N–H and O–H groups in total. The first-order valence-electron chi connectivity index (χ1n) is 10.4. The van der Waals surface area contributed by atoms with Crippen molar-refractivity contribution in [1.82, 2.24) is 9.47 Å². The minimum absolute atomic E-state index is 0.0598. The van der Waals surface area contributed by atoms with Gasteiger partial charge in [0.05, 0.1) is 17.3 Å². The van der Waals surface area contributed by atoms with Gasteiger partial charge in [-0.25, -0.2) is 9.36 Å². The summed E-state index contributed by atoms with van der Waals surface area (Å²) < 4.78 is 47.1. The molecule has 4 rings (SSSR count). The van der Waals surface area contributed by atoms with Gasteiger partial charge in [0.25, 0.3) is 0 Å². The topological polar surface area (TPSA) is 51.5 Å². The van der Waals surface area contributed by atoms with Crippen molar-refractivity contribution in [2.75, 3.05) is 6.54 Å². The van der Waals surface area contributed by atoms with E-state index in [4.69, 9.17) is 4.74 Å². The summed E-state index contributed by atoms with van der Waals surface area (Å²) in [6, 6.07) is 6.58. The largest absolute Gasteiger partial charge is 0.471 e. The van der Waals surface area contributed by atoms with Crippen molar-refractivity contribution < 1.29 is 27.5 Å². The van der Waals surface area contributed by atoms with Gasteiger partial charge in [-0.15, -0.1) is 0 Å². The van der Waals surface area contributed by atoms with Crippen LogP contribution in [0.2, 0.25) is 0 Å². The molecule has 0 bridgehead atoms. The van der Waals surface area contributed by atoms with Crippen LogP contribution >= 0.6 is 0 Å². The number of fused-ring (bicyclic) bond motifs is 5. The zero-order valence-electron chi connectivity index (χ0n) is 17.8. The summed E-state index contributed by atoms with van der Waals surface area (Å²) in [5.41, 5.74) is 1.86. The first-order valence-corrected chi connectivity index (χ1v) is 10.4. The maximum absolute atomic E-state index is 13.3. The molecule has 5 nitrogen and oxygen atoms in total. The Labute approximate surface area is 178 Å². The minimum Gasteiger partial charge on any atom is -0.443 e. The second-order valence-corrected chi connectivity index (χ2v) is 9.01. The van der Waals surface area contributed by atoms with E-state index in [1.807, 2.05) is 30.3 Å². The molecule has 0 radical (unpaired) electrons. The van der Waals surface area contributed by atoms with Crippen LogP contribution in [0, 0.1) is 0 Å². The number of hydrogen-bond acceptors (Lipinski definition) is 3. The van der Waals surface area contributed by atoms with Crippen molar-refractivity contribution in [3.63, 3.8) is 0 Å². The number of amides is 1. The second-order valence-electron chi connectivity index (χ2n) is 9.01. The lowest BCUT2D eigenvalue weighted by molar-refractivity contribution is -0.186. The molecule has 2 heterocycles. The minimum atomic E-state index is -4.94. The average molecular weight is 434 g/mol. The van der Waals surface area contributed by atoms with Crippen molar-refractivity contribution in [1.29, 1.82) is 0 Å². The number of halogens is 3. The molecule has 2 aromatic rings. The van der Waals surface area contributed by atoms with E-state index >= 15 is 0 Å². The summed E-state index contributed by atoms with van der Waals surface area (Å²) in [7, 11) is 0. The van der Waals surface area contributed by atoms with Crippen LogP contribution in [0.25, 0.3) is 16.5 Å². The molecule has 166 valence electrons. The molecular weight excluding hydrogens is 409 g/mol. The van der Waals surface area contributed by atoms with Crippen molar-refractivity contribution in [2.45, 2.75) is 64.3 Å². The highest BCUT2D eigenvalue weighted by Gasteiger charge is 2.47. The number of hydrogen-bond donors (Lipinski definition) is 0. The fourth-order valence-corrected chi connectivity index (χ4v) is 4.59. The van der Waals surface area contributed by atoms with Gasteiger partial charge in [-0.3, -0.25) is 4.79 Å². The number of alkyl halides is 3. The molecule has 1 aromatic heterocycles. The molecule has 0 saturated heterocycles. The first kappa shape index (κ1) is 21.5. The van der Waals surface area contributed by atoms with Gasteiger partial charge < -0.3 is 9.64 Å². The van der Waals surface area contributed by atoms with Crippen LogP contribution in [0.4, 0.5) is 18.0 Å². The van der Waals surface area contributed by atoms with E-state index in [9.17, 15) is 22.8 Å². The van der Waals surface area contributed by atoms with Crippen LogP contribution in [0.3, 0.4) is 0 Å². The number of para-hydroxylation sites is 1. The predicted molar refractivity (Wildman–Crippen MR) is 111 cm³/mol. The third-order valence-electron chi connectivity index (χ3n) is 5.72. The van der Waals surface area contributed by atoms with Crippen LogP contribution in [0.1, 0.15) is 51.3 Å². The standard InChI is InChI=1S/C23H25F3N2O3/c1-22(2,3)31-21(30)28-18-11-7-4-8-14(18)15-12-13-27(20(29)23(24,25)26)17-10-6-5-9-16(17)19(15)28/h4,7-9,11,17H,5-6,10,12-13H2,1-3H3. The van der Waals surface area contributed by atoms with E-state index in [0.29, 0.717) is 36.0 Å². The van der Waals surface area contributed by atoms with E-state index in [0.717, 1.165) is 15.8 Å². The summed E-state index contributed by atoms with van der Waals surface area (Å²) in [5, 5.41) is 0.787. The summed E-state index contributed by atoms with van der Waals surface area (Å²) in [5.74, 6) is -1.83. The monoisotopic (exact) mass is 434 g/mol. The first-order chi connectivity index (χ1) is 14.5. The highest BCUT2D eigenvalue weighted by molar-refractivity contribution is 5.99. The zero-order valence-corrected chi connectivity index (χ0v) is 17.8. The molecule has 1 atom stereocenters. The van der Waals surface area contributed by atoms with Crippen LogP contribution < -0.4 is 0 Å². The molecule has 0 saturated carbocycles. The number of aromatic nitrogens is 1. The number of ether oxygens (including phenoxy) is 1. The van der Waals surface area contributed by atoms with Gasteiger partial charge in [0.2, 0.25) is 0 Å². The van der Waals surface area contributed by atoms with Crippen molar-refractivity contribution in [3.05, 3.63) is 41.6 Å². The van der Waals surface area contributed by atoms with Crippen molar-refractivity contribution in [2.24, 2.45) is 0 Å². The van der Waals surface area contributed by atoms with Gasteiger partial charge in [0.1, 0.15) is 5.60 Å². The summed E-state index contributed by atoms with van der Waals surface area (Å²) >= 11 is 0. The van der Waals surface area contributed by atoms with E-state index in [2.05, 4.69) is 0 Å². The molecule has 31 heavy (non-hydrogen) atoms. The number of benzene rings is 1. The maximum atomic E-state index is 13.3. The normalized spacial score (nSPS) is 19.4. The lowest BCUT2D eigenvalue weighted by atomic mass is 9.90. The average Bonchev–Trinajstić information content (AvgIpc) is 2.91. The Kier molecular flexibility index (Phi) is 5.14. The maximum Gasteiger partial charge on any atom is 0.471 e. The number of rotatable bonds is 0. The number of nitrogens with zero attached hydrogens (tertiary/aromatic N) is 2. The van der Waals surface area contributed by atoms with Crippen molar-refractivity contribution in [3.8, 4) is 0 Å². The van der Waals surface area contributed by atoms with Gasteiger partial charge in [0.15, 0.2) is 0 Å². The van der Waals surface area contributed by atoms with Gasteiger partial charge >= 0.3 is 18.2 Å². The quantitative estimate of drug-likeness (QED) is 0.565. The van der Waals surface area contributed by atoms with E-state index < -0.39 is 29.8 Å². The second kappa shape index (κ2) is 7.43. The van der Waals surface area contributed by atoms with Crippen LogP contribution in [-0.4, -0.2) is 45.8 Å². The molecule has 0 spiro atoms. The summed E-state index contributed by atoms with van der Waals surface area (Å²) in [6.45, 7) is 5.24. The third-order valence-corrected chi connectivity index (χ3v) is 5.72. The number of carbonyl (C=O) groups is 2. The lowest BCUT2D eigenvalue weighted by Gasteiger charge is -2.34. The number of allylic oxidation sites excluding steroid dienone is 1. The van der Waals surface area contributed by atoms with Gasteiger partial charge in [-0.2, -0.15) is 13.2 Å². The molecule has 8 heteroatoms. The zero-order chi connectivity index (χ0) is 22.6. The Balaban J connectivity index is 1.93. The van der Waals surface area contributed by atoms with E-state index in [1.165, 1.54) is 4.57 Å². The molecule has 1 aromatic carbocycles. The Morgan fingerprint density at radius 3 is 2.52 bits per heavy atom. The summed E-state index contributed by atoms with van der Waals surface area (Å²) in [6.07, 6.45) is -1.66. The van der Waals surface area contributed by atoms with Gasteiger partial charge in [-0.1, -0.05) is 24.3 Å². The van der Waals surface area contributed by atoms with Crippen LogP contribution in [0.5, 0.6) is 0 Å². The molecule has 0 fully saturated rings. The fraction of sp³-hybridized carbons (Fsp3) is 0.478. The Bertz CT molecular complexity index is 1080. The molecular formula is C23H25F3N2O3. The van der Waals surface area contributed by atoms with E-state index in [1.54, 1.807) is 20.8 Å². The molecule has 1 aliphatic carbocycles. The summed E-state index contributed by atoms with van der Waals surface area (Å²) in [4.78, 5) is 26.4. The Morgan fingerprint density at radius 2 is 1.84 bits per heavy atom. The van der Waals surface area contributed by atoms with Gasteiger partial charge in [-0.05, 0) is 63.7 Å². The third kappa shape index (κ3) is 3.83. The lowest BCUT2D eigenvalue weighted by Crippen LogP contribution is -2.48. The van der Waals surface area contributed by atoms with Gasteiger partial charge in [0, 0.05) is 11.9 Å². The van der Waals surface area contributed by atoms with E-state index in [-0.39, 0.29) is 13.0 Å². The Morgan fingerprint density at radius 1 is 1.13 bits per heavy atom. The van der Waals surface area contributed by atoms with Crippen LogP contribution in [-0.2, 0) is 16.0 Å². The Hall–Kier alpha value is -2.77. The van der Waals surface area contributed by atoms with Crippen molar-refractivity contribution >= 4 is 28.5 Å². The van der Waals surface area contributed by atoms with Crippen LogP contribution in [0.15, 0.2) is 30.3 Å². The molecule has 1 aliphatic heterocycles. The fourth-order valence-electron chi connectivity index (χ4n) is 4.59. The molecule has 1 unspecified atom stereocenters. The predicted octanol–water partition coefficient (Wildman–Crippen LogP) is 5.31. The molecule has 1 amide bonds. The highest BCUT2D eigenvalue weighted by Crippen LogP contribution is 2.41. The SMILES string of the molecule is CC(C)(C)OC(=O)n1c2c(c3ccccc31)CCN(C(=O)C(F)(F)F)C1CCCC=C21. The highest BCUT2D eigenvalue weighted by atomic mass is 19.4. The molecule has 2 aliphatic rings. The smallest absolute Gasteiger partial charge is 0.443 e. The number of carbonyl (C=O) groups excluding carboxylic acids is 2.